The first-order chi connectivity index (χ1) is 17.6. The lowest BCUT2D eigenvalue weighted by atomic mass is 9.58. The number of nitrogens with zero attached hydrogens (tertiary/aromatic N) is 2. The van der Waals surface area contributed by atoms with Gasteiger partial charge in [-0.15, -0.1) is 0 Å². The van der Waals surface area contributed by atoms with Gasteiger partial charge >= 0.3 is 0 Å². The Balaban J connectivity index is 1.68. The molecule has 1 aliphatic heterocycles. The molecule has 196 valence electrons. The van der Waals surface area contributed by atoms with Crippen LogP contribution in [0.25, 0.3) is 5.76 Å². The molecule has 2 fully saturated rings. The topological polar surface area (TPSA) is 192 Å². The Hall–Kier alpha value is -3.90. The molecule has 4 aliphatic rings. The van der Waals surface area contributed by atoms with Crippen molar-refractivity contribution in [2.24, 2.45) is 22.7 Å². The Kier molecular flexibility index (Phi) is 5.95. The summed E-state index contributed by atoms with van der Waals surface area (Å²) in [6, 6.07) is 3.16. The monoisotopic (exact) mass is 513 g/mol. The number of primary amides is 1. The quantitative estimate of drug-likeness (QED) is 0.213. The molecule has 1 heterocycles. The van der Waals surface area contributed by atoms with E-state index in [1.807, 2.05) is 0 Å². The van der Waals surface area contributed by atoms with Crippen LogP contribution in [-0.4, -0.2) is 82.6 Å². The van der Waals surface area contributed by atoms with Crippen LogP contribution >= 0.6 is 0 Å². The zero-order valence-corrected chi connectivity index (χ0v) is 20.1. The molecule has 1 saturated carbocycles. The van der Waals surface area contributed by atoms with Gasteiger partial charge in [-0.3, -0.25) is 14.4 Å². The van der Waals surface area contributed by atoms with E-state index in [1.54, 1.807) is 6.07 Å². The molecule has 0 radical (unpaired) electrons. The predicted molar refractivity (Wildman–Crippen MR) is 129 cm³/mol. The largest absolute Gasteiger partial charge is 0.507 e. The van der Waals surface area contributed by atoms with Crippen molar-refractivity contribution in [3.8, 4) is 5.75 Å². The van der Waals surface area contributed by atoms with E-state index in [1.165, 1.54) is 13.2 Å². The van der Waals surface area contributed by atoms with Crippen LogP contribution in [0.4, 0.5) is 5.69 Å². The minimum absolute atomic E-state index is 0.0480. The molecule has 3 aliphatic carbocycles. The predicted octanol–water partition coefficient (Wildman–Crippen LogP) is 0.263. The van der Waals surface area contributed by atoms with Crippen molar-refractivity contribution in [1.29, 1.82) is 0 Å². The van der Waals surface area contributed by atoms with Crippen LogP contribution in [0.5, 0.6) is 5.75 Å². The summed E-state index contributed by atoms with van der Waals surface area (Å²) < 4.78 is 5.55. The van der Waals surface area contributed by atoms with Crippen LogP contribution < -0.4 is 10.6 Å². The molecule has 6 N–H and O–H groups in total. The number of nitrogens with two attached hydrogens (primary N) is 1. The molecule has 0 spiro atoms. The number of Topliss-reactive ketones (excluding diaryl/α,β-unsaturated/α-hetero) is 2. The fourth-order valence-corrected chi connectivity index (χ4v) is 5.96. The van der Waals surface area contributed by atoms with Gasteiger partial charge in [0.15, 0.2) is 11.4 Å². The van der Waals surface area contributed by atoms with E-state index in [2.05, 4.69) is 10.1 Å². The highest BCUT2D eigenvalue weighted by molar-refractivity contribution is 6.38. The molecule has 0 aromatic heterocycles. The van der Waals surface area contributed by atoms with Gasteiger partial charge in [0.25, 0.3) is 5.91 Å². The Morgan fingerprint density at radius 2 is 1.92 bits per heavy atom. The summed E-state index contributed by atoms with van der Waals surface area (Å²) in [6.45, 7) is 2.40. The molecule has 0 bridgehead atoms. The number of ketones is 2. The van der Waals surface area contributed by atoms with Crippen LogP contribution in [0.2, 0.25) is 0 Å². The lowest BCUT2D eigenvalue weighted by molar-refractivity contribution is -0.153. The molecular weight excluding hydrogens is 486 g/mol. The molecule has 1 aromatic carbocycles. The number of carbonyl (C=O) groups excluding carboxylic acids is 3. The zero-order chi connectivity index (χ0) is 26.6. The molecule has 12 nitrogen and oxygen atoms in total. The first kappa shape index (κ1) is 24.8. The number of fused-ring (bicyclic) bond motifs is 3. The van der Waals surface area contributed by atoms with Crippen molar-refractivity contribution in [1.82, 2.24) is 0 Å². The second kappa shape index (κ2) is 8.89. The third-order valence-corrected chi connectivity index (χ3v) is 7.61. The molecule has 37 heavy (non-hydrogen) atoms. The number of ether oxygens (including phenoxy) is 1. The third kappa shape index (κ3) is 3.50. The normalized spacial score (nSPS) is 29.0. The fraction of sp³-hybridized carbons (Fsp3) is 0.440. The van der Waals surface area contributed by atoms with Crippen LogP contribution in [0.1, 0.15) is 24.0 Å². The van der Waals surface area contributed by atoms with Crippen LogP contribution in [0.3, 0.4) is 0 Å². The number of rotatable bonds is 3. The standard InChI is InChI=1S/C25H27N3O9/c1-36-27-19-13-10-11-9-12-14(28-5-2-7-37-8-6-28)3-4-15(29)17(12)20(30)16(11)22(32)25(13,35)23(33)18(21(19)31)24(26)34/h3-4,11,13,29-31,35H,2,5-10H2,1H3,(H2,26,34)/b27-19-/t11-,13-,25-/m0/s1. The number of aliphatic hydroxyl groups excluding tert-OH is 2. The van der Waals surface area contributed by atoms with Crippen LogP contribution in [0, 0.1) is 11.8 Å². The summed E-state index contributed by atoms with van der Waals surface area (Å²) in [5.74, 6) is -7.63. The molecule has 5 rings (SSSR count). The Morgan fingerprint density at radius 3 is 2.62 bits per heavy atom. The first-order valence-corrected chi connectivity index (χ1v) is 11.9. The average Bonchev–Trinajstić information content (AvgIpc) is 3.13. The van der Waals surface area contributed by atoms with Gasteiger partial charge in [0, 0.05) is 31.0 Å². The van der Waals surface area contributed by atoms with Gasteiger partial charge in [-0.1, -0.05) is 5.16 Å². The van der Waals surface area contributed by atoms with Gasteiger partial charge in [-0.05, 0) is 42.9 Å². The number of amides is 1. The number of benzene rings is 1. The number of hydrogen-bond acceptors (Lipinski definition) is 11. The van der Waals surface area contributed by atoms with Crippen LogP contribution in [-0.2, 0) is 30.4 Å². The van der Waals surface area contributed by atoms with E-state index in [-0.39, 0.29) is 35.4 Å². The summed E-state index contributed by atoms with van der Waals surface area (Å²) in [4.78, 5) is 45.8. The number of phenols is 1. The summed E-state index contributed by atoms with van der Waals surface area (Å²) in [7, 11) is 1.17. The van der Waals surface area contributed by atoms with Crippen LogP contribution in [0.15, 0.2) is 34.2 Å². The minimum atomic E-state index is -2.86. The molecular formula is C25H27N3O9. The van der Waals surface area contributed by atoms with Gasteiger partial charge < -0.3 is 40.6 Å². The van der Waals surface area contributed by atoms with Crippen molar-refractivity contribution in [2.75, 3.05) is 38.3 Å². The molecule has 12 heteroatoms. The van der Waals surface area contributed by atoms with Gasteiger partial charge in [0.1, 0.15) is 29.9 Å². The fourth-order valence-electron chi connectivity index (χ4n) is 5.96. The van der Waals surface area contributed by atoms with Crippen molar-refractivity contribution in [3.63, 3.8) is 0 Å². The highest BCUT2D eigenvalue weighted by Gasteiger charge is 2.64. The molecule has 1 saturated heterocycles. The SMILES string of the molecule is CO/N=C1\C(O)=C(C(N)=O)C(=O)[C@@]2(O)C(=O)C3=C(O)c4c(O)ccc(N5CCCOCC5)c4C[C@H]3C[C@@H]12. The number of aromatic hydroxyl groups is 1. The molecule has 1 amide bonds. The van der Waals surface area contributed by atoms with E-state index < -0.39 is 52.0 Å². The van der Waals surface area contributed by atoms with E-state index in [4.69, 9.17) is 15.3 Å². The van der Waals surface area contributed by atoms with Crippen molar-refractivity contribution in [3.05, 3.63) is 40.2 Å². The Bertz CT molecular complexity index is 1310. The van der Waals surface area contributed by atoms with E-state index in [0.717, 1.165) is 12.1 Å². The smallest absolute Gasteiger partial charge is 0.256 e. The molecule has 1 aromatic rings. The number of oxime groups is 1. The molecule has 3 atom stereocenters. The van der Waals surface area contributed by atoms with Crippen molar-refractivity contribution in [2.45, 2.75) is 24.9 Å². The highest BCUT2D eigenvalue weighted by Crippen LogP contribution is 2.52. The highest BCUT2D eigenvalue weighted by atomic mass is 16.6. The van der Waals surface area contributed by atoms with Crippen molar-refractivity contribution >= 4 is 34.6 Å². The second-order valence-electron chi connectivity index (χ2n) is 9.53. The van der Waals surface area contributed by atoms with Gasteiger partial charge in [0.2, 0.25) is 11.6 Å². The van der Waals surface area contributed by atoms with Gasteiger partial charge in [-0.25, -0.2) is 0 Å². The summed E-state index contributed by atoms with van der Waals surface area (Å²) in [5, 5.41) is 47.8. The van der Waals surface area contributed by atoms with Gasteiger partial charge in [-0.2, -0.15) is 0 Å². The number of hydrogen-bond donors (Lipinski definition) is 5. The lowest BCUT2D eigenvalue weighted by Gasteiger charge is -2.45. The van der Waals surface area contributed by atoms with E-state index in [9.17, 15) is 34.8 Å². The zero-order valence-electron chi connectivity index (χ0n) is 20.1. The van der Waals surface area contributed by atoms with E-state index in [0.29, 0.717) is 31.9 Å². The summed E-state index contributed by atoms with van der Waals surface area (Å²) in [5.41, 5.74) is 2.24. The number of aliphatic hydroxyl groups is 3. The number of allylic oxidation sites excluding steroid dienone is 1. The number of anilines is 1. The maximum atomic E-state index is 13.8. The average molecular weight is 514 g/mol. The molecule has 0 unspecified atom stereocenters. The summed E-state index contributed by atoms with van der Waals surface area (Å²) in [6.07, 6.45) is 0.881. The maximum Gasteiger partial charge on any atom is 0.256 e. The number of phenolic OH excluding ortho intramolecular Hbond substituents is 1. The van der Waals surface area contributed by atoms with Crippen molar-refractivity contribution < 1.29 is 44.4 Å². The lowest BCUT2D eigenvalue weighted by Crippen LogP contribution is -2.64. The number of carbonyl (C=O) groups is 3. The van der Waals surface area contributed by atoms with E-state index >= 15 is 0 Å². The maximum absolute atomic E-state index is 13.8. The van der Waals surface area contributed by atoms with Gasteiger partial charge in [0.05, 0.1) is 18.1 Å². The Labute approximate surface area is 211 Å². The first-order valence-electron chi connectivity index (χ1n) is 11.9. The Morgan fingerprint density at radius 1 is 1.16 bits per heavy atom. The third-order valence-electron chi connectivity index (χ3n) is 7.61. The minimum Gasteiger partial charge on any atom is -0.507 e. The summed E-state index contributed by atoms with van der Waals surface area (Å²) >= 11 is 0. The second-order valence-corrected chi connectivity index (χ2v) is 9.53.